The number of hydrogen-bond donors (Lipinski definition) is 2. The quantitative estimate of drug-likeness (QED) is 0.769. The van der Waals surface area contributed by atoms with Crippen molar-refractivity contribution in [1.29, 1.82) is 0 Å². The van der Waals surface area contributed by atoms with E-state index >= 15 is 0 Å². The number of aliphatic hydroxyl groups excluding tert-OH is 1. The number of sulfonamides is 1. The lowest BCUT2D eigenvalue weighted by Crippen LogP contribution is -2.39. The van der Waals surface area contributed by atoms with Crippen molar-refractivity contribution in [2.24, 2.45) is 5.92 Å². The summed E-state index contributed by atoms with van der Waals surface area (Å²) in [5.74, 6) is 0.262. The maximum Gasteiger partial charge on any atom is 0.259 e. The van der Waals surface area contributed by atoms with E-state index in [0.29, 0.717) is 19.4 Å². The van der Waals surface area contributed by atoms with Crippen molar-refractivity contribution in [3.8, 4) is 0 Å². The Morgan fingerprint density at radius 2 is 2.31 bits per heavy atom. The molecule has 2 rings (SSSR count). The molecule has 0 radical (unpaired) electrons. The highest BCUT2D eigenvalue weighted by molar-refractivity contribution is 7.89. The molecular weight excluding hydrogens is 230 g/mol. The second kappa shape index (κ2) is 4.15. The summed E-state index contributed by atoms with van der Waals surface area (Å²) in [6, 6.07) is 1.43. The van der Waals surface area contributed by atoms with Crippen LogP contribution in [0.2, 0.25) is 0 Å². The molecule has 1 heterocycles. The molecule has 1 aliphatic rings. The van der Waals surface area contributed by atoms with Crippen LogP contribution >= 0.6 is 0 Å². The number of aromatic amines is 1. The van der Waals surface area contributed by atoms with Gasteiger partial charge in [0.2, 0.25) is 0 Å². The normalized spacial score (nSPS) is 25.7. The highest BCUT2D eigenvalue weighted by atomic mass is 32.2. The number of aliphatic hydroxyl groups is 1. The van der Waals surface area contributed by atoms with Gasteiger partial charge in [0.1, 0.15) is 0 Å². The average molecular weight is 245 g/mol. The van der Waals surface area contributed by atoms with Gasteiger partial charge >= 0.3 is 0 Å². The molecule has 16 heavy (non-hydrogen) atoms. The summed E-state index contributed by atoms with van der Waals surface area (Å²) in [6.45, 7) is 0.443. The van der Waals surface area contributed by atoms with Crippen LogP contribution in [0.15, 0.2) is 17.3 Å². The first-order chi connectivity index (χ1) is 7.50. The number of hydrogen-bond acceptors (Lipinski definition) is 4. The van der Waals surface area contributed by atoms with Gasteiger partial charge in [-0.25, -0.2) is 8.42 Å². The molecule has 0 atom stereocenters. The van der Waals surface area contributed by atoms with Gasteiger partial charge in [0.25, 0.3) is 10.0 Å². The largest absolute Gasteiger partial charge is 0.393 e. The van der Waals surface area contributed by atoms with Crippen molar-refractivity contribution in [3.63, 3.8) is 0 Å². The first-order valence-corrected chi connectivity index (χ1v) is 6.58. The van der Waals surface area contributed by atoms with Gasteiger partial charge < -0.3 is 5.11 Å². The Hall–Kier alpha value is -0.920. The maximum absolute atomic E-state index is 11.9. The first kappa shape index (κ1) is 11.6. The number of aromatic nitrogens is 2. The lowest BCUT2D eigenvalue weighted by atomic mass is 9.82. The van der Waals surface area contributed by atoms with Crippen LogP contribution in [0.25, 0.3) is 0 Å². The van der Waals surface area contributed by atoms with Crippen molar-refractivity contribution in [3.05, 3.63) is 12.3 Å². The second-order valence-corrected chi connectivity index (χ2v) is 6.21. The van der Waals surface area contributed by atoms with Crippen molar-refractivity contribution in [1.82, 2.24) is 14.5 Å². The van der Waals surface area contributed by atoms with Gasteiger partial charge in [-0.1, -0.05) is 0 Å². The van der Waals surface area contributed by atoms with E-state index in [0.717, 1.165) is 0 Å². The molecule has 0 aromatic carbocycles. The summed E-state index contributed by atoms with van der Waals surface area (Å²) >= 11 is 0. The van der Waals surface area contributed by atoms with Crippen LogP contribution in [-0.2, 0) is 10.0 Å². The van der Waals surface area contributed by atoms with Crippen LogP contribution in [0.5, 0.6) is 0 Å². The molecule has 1 aliphatic carbocycles. The van der Waals surface area contributed by atoms with Crippen LogP contribution in [-0.4, -0.2) is 47.7 Å². The van der Waals surface area contributed by atoms with E-state index in [4.69, 9.17) is 5.11 Å². The van der Waals surface area contributed by atoms with E-state index in [-0.39, 0.29) is 17.0 Å². The third kappa shape index (κ3) is 2.11. The minimum Gasteiger partial charge on any atom is -0.393 e. The summed E-state index contributed by atoms with van der Waals surface area (Å²) in [5, 5.41) is 15.3. The Morgan fingerprint density at radius 3 is 2.81 bits per heavy atom. The lowest BCUT2D eigenvalue weighted by molar-refractivity contribution is 0.0367. The standard InChI is InChI=1S/C9H15N3O3S/c1-12(6-7-4-8(13)5-7)16(14,15)9-2-3-10-11-9/h2-3,7-8,13H,4-6H2,1H3,(H,10,11). The highest BCUT2D eigenvalue weighted by Gasteiger charge is 2.32. The SMILES string of the molecule is CN(CC1CC(O)C1)S(=O)(=O)c1ccn[nH]1. The van der Waals surface area contributed by atoms with E-state index in [1.807, 2.05) is 0 Å². The van der Waals surface area contributed by atoms with Crippen molar-refractivity contribution in [2.45, 2.75) is 24.0 Å². The van der Waals surface area contributed by atoms with Gasteiger partial charge in [-0.2, -0.15) is 9.40 Å². The Morgan fingerprint density at radius 1 is 1.62 bits per heavy atom. The third-order valence-electron chi connectivity index (χ3n) is 2.89. The average Bonchev–Trinajstić information content (AvgIpc) is 2.68. The number of nitrogens with zero attached hydrogens (tertiary/aromatic N) is 2. The Kier molecular flexibility index (Phi) is 3.00. The Labute approximate surface area is 94.3 Å². The van der Waals surface area contributed by atoms with Crippen LogP contribution in [0.3, 0.4) is 0 Å². The van der Waals surface area contributed by atoms with E-state index < -0.39 is 10.0 Å². The molecule has 0 bridgehead atoms. The van der Waals surface area contributed by atoms with Crippen LogP contribution in [0, 0.1) is 5.92 Å². The zero-order valence-electron chi connectivity index (χ0n) is 9.00. The molecule has 0 saturated heterocycles. The van der Waals surface area contributed by atoms with Gasteiger partial charge in [0.05, 0.1) is 12.3 Å². The molecule has 0 spiro atoms. The third-order valence-corrected chi connectivity index (χ3v) is 4.64. The summed E-state index contributed by atoms with van der Waals surface area (Å²) < 4.78 is 25.2. The second-order valence-electron chi connectivity index (χ2n) is 4.20. The molecule has 1 aromatic rings. The molecule has 6 nitrogen and oxygen atoms in total. The van der Waals surface area contributed by atoms with Crippen LogP contribution in [0.4, 0.5) is 0 Å². The van der Waals surface area contributed by atoms with Gasteiger partial charge in [-0.05, 0) is 24.8 Å². The molecule has 1 fully saturated rings. The van der Waals surface area contributed by atoms with Crippen molar-refractivity contribution >= 4 is 10.0 Å². The molecule has 0 aliphatic heterocycles. The summed E-state index contributed by atoms with van der Waals surface area (Å²) in [5.41, 5.74) is 0. The number of nitrogens with one attached hydrogen (secondary N) is 1. The summed E-state index contributed by atoms with van der Waals surface area (Å²) in [7, 11) is -1.91. The maximum atomic E-state index is 11.9. The predicted molar refractivity (Wildman–Crippen MR) is 57.1 cm³/mol. The predicted octanol–water partition coefficient (Wildman–Crippen LogP) is -0.199. The monoisotopic (exact) mass is 245 g/mol. The molecule has 7 heteroatoms. The zero-order valence-corrected chi connectivity index (χ0v) is 9.81. The minimum atomic E-state index is -3.45. The van der Waals surface area contributed by atoms with E-state index in [1.165, 1.54) is 16.6 Å². The van der Waals surface area contributed by atoms with Gasteiger partial charge in [-0.3, -0.25) is 5.10 Å². The van der Waals surface area contributed by atoms with Crippen LogP contribution in [0.1, 0.15) is 12.8 Å². The van der Waals surface area contributed by atoms with Gasteiger partial charge in [-0.15, -0.1) is 0 Å². The number of rotatable bonds is 4. The fourth-order valence-electron chi connectivity index (χ4n) is 1.87. The van der Waals surface area contributed by atoms with Crippen molar-refractivity contribution < 1.29 is 13.5 Å². The Balaban J connectivity index is 2.01. The first-order valence-electron chi connectivity index (χ1n) is 5.14. The molecule has 0 unspecified atom stereocenters. The number of H-pyrrole nitrogens is 1. The molecule has 90 valence electrons. The topological polar surface area (TPSA) is 86.3 Å². The van der Waals surface area contributed by atoms with Crippen molar-refractivity contribution in [2.75, 3.05) is 13.6 Å². The lowest BCUT2D eigenvalue weighted by Gasteiger charge is -2.33. The summed E-state index contributed by atoms with van der Waals surface area (Å²) in [6.07, 6.45) is 2.52. The highest BCUT2D eigenvalue weighted by Crippen LogP contribution is 2.28. The molecule has 1 saturated carbocycles. The van der Waals surface area contributed by atoms with E-state index in [9.17, 15) is 8.42 Å². The summed E-state index contributed by atoms with van der Waals surface area (Å²) in [4.78, 5) is 0. The van der Waals surface area contributed by atoms with Gasteiger partial charge in [0.15, 0.2) is 5.03 Å². The van der Waals surface area contributed by atoms with Crippen LogP contribution < -0.4 is 0 Å². The minimum absolute atomic E-state index is 0.106. The van der Waals surface area contributed by atoms with E-state index in [2.05, 4.69) is 10.2 Å². The molecule has 1 aromatic heterocycles. The van der Waals surface area contributed by atoms with E-state index in [1.54, 1.807) is 7.05 Å². The Bertz CT molecular complexity index is 437. The zero-order chi connectivity index (χ0) is 11.8. The molecule has 2 N–H and O–H groups in total. The fraction of sp³-hybridized carbons (Fsp3) is 0.667. The molecular formula is C9H15N3O3S. The molecule has 0 amide bonds. The smallest absolute Gasteiger partial charge is 0.259 e. The fourth-order valence-corrected chi connectivity index (χ4v) is 3.01. The van der Waals surface area contributed by atoms with Gasteiger partial charge in [0, 0.05) is 13.6 Å².